The smallest absolute Gasteiger partial charge is 0.457 e. The first kappa shape index (κ1) is 23.5. The summed E-state index contributed by atoms with van der Waals surface area (Å²) in [7, 11) is 0. The standard InChI is InChI=1S/C23H18F6O3/c24-22(25,26)21(17-9-11-19(12-10-17)32-23(27,28)29)15-30-14-16-5-4-8-20(13-16)31-18-6-2-1-3-7-18/h1-13,21H,14-15H2. The molecular formula is C23H18F6O3. The average Bonchev–Trinajstić information content (AvgIpc) is 2.71. The summed E-state index contributed by atoms with van der Waals surface area (Å²) in [5, 5.41) is 0. The molecule has 3 rings (SSSR count). The van der Waals surface area contributed by atoms with Crippen LogP contribution in [0.25, 0.3) is 0 Å². The number of alkyl halides is 6. The largest absolute Gasteiger partial charge is 0.573 e. The quantitative estimate of drug-likeness (QED) is 0.335. The molecule has 0 fully saturated rings. The van der Waals surface area contributed by atoms with Crippen LogP contribution >= 0.6 is 0 Å². The van der Waals surface area contributed by atoms with Crippen LogP contribution in [0.1, 0.15) is 17.0 Å². The van der Waals surface area contributed by atoms with Crippen LogP contribution in [0, 0.1) is 0 Å². The molecule has 170 valence electrons. The number of halogens is 6. The summed E-state index contributed by atoms with van der Waals surface area (Å²) in [6.07, 6.45) is -9.57. The van der Waals surface area contributed by atoms with Crippen molar-refractivity contribution in [3.63, 3.8) is 0 Å². The lowest BCUT2D eigenvalue weighted by molar-refractivity contribution is -0.274. The second kappa shape index (κ2) is 9.95. The molecule has 0 heterocycles. The molecule has 0 aliphatic heterocycles. The van der Waals surface area contributed by atoms with E-state index in [0.29, 0.717) is 17.1 Å². The first-order valence-electron chi connectivity index (χ1n) is 9.42. The van der Waals surface area contributed by atoms with E-state index in [1.807, 2.05) is 6.07 Å². The fraction of sp³-hybridized carbons (Fsp3) is 0.217. The van der Waals surface area contributed by atoms with Gasteiger partial charge < -0.3 is 14.2 Å². The molecular weight excluding hydrogens is 438 g/mol. The SMILES string of the molecule is FC(F)(F)Oc1ccc(C(COCc2cccc(Oc3ccccc3)c2)C(F)(F)F)cc1. The summed E-state index contributed by atoms with van der Waals surface area (Å²) in [6.45, 7) is -0.805. The third-order valence-electron chi connectivity index (χ3n) is 4.34. The van der Waals surface area contributed by atoms with Crippen LogP contribution in [-0.2, 0) is 11.3 Å². The number of benzene rings is 3. The molecule has 0 bridgehead atoms. The number of hydrogen-bond acceptors (Lipinski definition) is 3. The summed E-state index contributed by atoms with van der Waals surface area (Å²) in [5.41, 5.74) is 0.376. The Kier molecular flexibility index (Phi) is 7.29. The monoisotopic (exact) mass is 456 g/mol. The van der Waals surface area contributed by atoms with Gasteiger partial charge >= 0.3 is 12.5 Å². The Morgan fingerprint density at radius 3 is 1.97 bits per heavy atom. The Balaban J connectivity index is 1.62. The van der Waals surface area contributed by atoms with E-state index in [0.717, 1.165) is 24.3 Å². The van der Waals surface area contributed by atoms with Gasteiger partial charge in [-0.15, -0.1) is 13.2 Å². The number of hydrogen-bond donors (Lipinski definition) is 0. The van der Waals surface area contributed by atoms with Gasteiger partial charge in [0.1, 0.15) is 23.2 Å². The zero-order valence-corrected chi connectivity index (χ0v) is 16.5. The van der Waals surface area contributed by atoms with Gasteiger partial charge in [0.2, 0.25) is 0 Å². The summed E-state index contributed by atoms with van der Waals surface area (Å²) < 4.78 is 91.9. The van der Waals surface area contributed by atoms with Crippen molar-refractivity contribution in [2.75, 3.05) is 6.61 Å². The Bertz CT molecular complexity index is 985. The van der Waals surface area contributed by atoms with Crippen LogP contribution in [0.3, 0.4) is 0 Å². The van der Waals surface area contributed by atoms with Gasteiger partial charge in [-0.1, -0.05) is 42.5 Å². The molecule has 9 heteroatoms. The predicted octanol–water partition coefficient (Wildman–Crippen LogP) is 7.24. The van der Waals surface area contributed by atoms with Crippen LogP contribution in [0.15, 0.2) is 78.9 Å². The maximum Gasteiger partial charge on any atom is 0.573 e. The molecule has 0 N–H and O–H groups in total. The first-order chi connectivity index (χ1) is 15.1. The van der Waals surface area contributed by atoms with Crippen LogP contribution in [-0.4, -0.2) is 19.1 Å². The highest BCUT2D eigenvalue weighted by atomic mass is 19.4. The lowest BCUT2D eigenvalue weighted by Gasteiger charge is -2.21. The van der Waals surface area contributed by atoms with Gasteiger partial charge in [-0.3, -0.25) is 0 Å². The Hall–Kier alpha value is -3.20. The van der Waals surface area contributed by atoms with E-state index in [-0.39, 0.29) is 12.2 Å². The van der Waals surface area contributed by atoms with E-state index in [4.69, 9.17) is 9.47 Å². The van der Waals surface area contributed by atoms with Crippen molar-refractivity contribution in [2.45, 2.75) is 25.1 Å². The highest BCUT2D eigenvalue weighted by molar-refractivity contribution is 5.34. The summed E-state index contributed by atoms with van der Waals surface area (Å²) >= 11 is 0. The molecule has 0 aliphatic carbocycles. The van der Waals surface area contributed by atoms with Gasteiger partial charge in [0, 0.05) is 0 Å². The maximum absolute atomic E-state index is 13.5. The van der Waals surface area contributed by atoms with E-state index in [1.165, 1.54) is 0 Å². The molecule has 0 saturated heterocycles. The molecule has 0 spiro atoms. The summed E-state index contributed by atoms with van der Waals surface area (Å²) in [6, 6.07) is 19.3. The maximum atomic E-state index is 13.5. The van der Waals surface area contributed by atoms with E-state index >= 15 is 0 Å². The fourth-order valence-corrected chi connectivity index (χ4v) is 2.90. The molecule has 0 amide bonds. The van der Waals surface area contributed by atoms with Gasteiger partial charge in [0.15, 0.2) is 0 Å². The van der Waals surface area contributed by atoms with Crippen LogP contribution < -0.4 is 9.47 Å². The number of para-hydroxylation sites is 1. The number of ether oxygens (including phenoxy) is 3. The van der Waals surface area contributed by atoms with E-state index < -0.39 is 30.8 Å². The van der Waals surface area contributed by atoms with Gasteiger partial charge in [0.25, 0.3) is 0 Å². The van der Waals surface area contributed by atoms with Gasteiger partial charge in [0.05, 0.1) is 13.2 Å². The van der Waals surface area contributed by atoms with Crippen molar-refractivity contribution < 1.29 is 40.6 Å². The normalized spacial score (nSPS) is 12.9. The third kappa shape index (κ3) is 7.19. The van der Waals surface area contributed by atoms with E-state index in [9.17, 15) is 26.3 Å². The summed E-state index contributed by atoms with van der Waals surface area (Å²) in [5.74, 6) is -1.49. The minimum Gasteiger partial charge on any atom is -0.457 e. The van der Waals surface area contributed by atoms with Crippen LogP contribution in [0.5, 0.6) is 17.2 Å². The zero-order valence-electron chi connectivity index (χ0n) is 16.5. The van der Waals surface area contributed by atoms with Gasteiger partial charge in [-0.05, 0) is 47.5 Å². The molecule has 3 nitrogen and oxygen atoms in total. The fourth-order valence-electron chi connectivity index (χ4n) is 2.90. The van der Waals surface area contributed by atoms with Crippen molar-refractivity contribution in [3.05, 3.63) is 90.0 Å². The van der Waals surface area contributed by atoms with Crippen LogP contribution in [0.2, 0.25) is 0 Å². The third-order valence-corrected chi connectivity index (χ3v) is 4.34. The predicted molar refractivity (Wildman–Crippen MR) is 105 cm³/mol. The van der Waals surface area contributed by atoms with Crippen LogP contribution in [0.4, 0.5) is 26.3 Å². The van der Waals surface area contributed by atoms with Crippen molar-refractivity contribution in [1.82, 2.24) is 0 Å². The lowest BCUT2D eigenvalue weighted by Crippen LogP contribution is -2.25. The molecule has 1 unspecified atom stereocenters. The molecule has 3 aromatic rings. The topological polar surface area (TPSA) is 27.7 Å². The van der Waals surface area contributed by atoms with Crippen molar-refractivity contribution in [1.29, 1.82) is 0 Å². The highest BCUT2D eigenvalue weighted by Crippen LogP contribution is 2.36. The lowest BCUT2D eigenvalue weighted by atomic mass is 9.99. The van der Waals surface area contributed by atoms with Gasteiger partial charge in [-0.2, -0.15) is 13.2 Å². The Morgan fingerprint density at radius 2 is 1.34 bits per heavy atom. The molecule has 32 heavy (non-hydrogen) atoms. The van der Waals surface area contributed by atoms with Crippen molar-refractivity contribution >= 4 is 0 Å². The highest BCUT2D eigenvalue weighted by Gasteiger charge is 2.41. The molecule has 0 aromatic heterocycles. The minimum absolute atomic E-state index is 0.103. The molecule has 0 radical (unpaired) electrons. The van der Waals surface area contributed by atoms with Gasteiger partial charge in [-0.25, -0.2) is 0 Å². The number of rotatable bonds is 8. The van der Waals surface area contributed by atoms with E-state index in [2.05, 4.69) is 4.74 Å². The first-order valence-corrected chi connectivity index (χ1v) is 9.42. The molecule has 3 aromatic carbocycles. The Morgan fingerprint density at radius 1 is 0.688 bits per heavy atom. The Labute approximate surface area is 180 Å². The zero-order chi connectivity index (χ0) is 23.2. The van der Waals surface area contributed by atoms with Crippen molar-refractivity contribution in [2.24, 2.45) is 0 Å². The molecule has 1 atom stereocenters. The molecule has 0 aliphatic rings. The van der Waals surface area contributed by atoms with Crippen molar-refractivity contribution in [3.8, 4) is 17.2 Å². The average molecular weight is 456 g/mol. The van der Waals surface area contributed by atoms with E-state index in [1.54, 1.807) is 48.5 Å². The second-order valence-corrected chi connectivity index (χ2v) is 6.79. The minimum atomic E-state index is -4.92. The molecule has 0 saturated carbocycles. The second-order valence-electron chi connectivity index (χ2n) is 6.79. The summed E-state index contributed by atoms with van der Waals surface area (Å²) in [4.78, 5) is 0.